The molecular formula is C11H23NO3Si. The van der Waals surface area contributed by atoms with Crippen molar-refractivity contribution in [3.8, 4) is 0 Å². The number of hydrogen-bond donors (Lipinski definition) is 1. The quantitative estimate of drug-likeness (QED) is 0.338. The van der Waals surface area contributed by atoms with E-state index in [-0.39, 0.29) is 5.04 Å². The number of aliphatic hydroxyl groups is 1. The van der Waals surface area contributed by atoms with Crippen LogP contribution in [0.3, 0.4) is 0 Å². The summed E-state index contributed by atoms with van der Waals surface area (Å²) in [4.78, 5) is 13.1. The van der Waals surface area contributed by atoms with Crippen molar-refractivity contribution in [2.75, 3.05) is 6.61 Å². The smallest absolute Gasteiger partial charge is 0.237 e. The van der Waals surface area contributed by atoms with Crippen LogP contribution < -0.4 is 0 Å². The predicted octanol–water partition coefficient (Wildman–Crippen LogP) is 2.44. The first kappa shape index (κ1) is 15.5. The Hall–Kier alpha value is -0.483. The number of nitrogens with zero attached hydrogens (tertiary/aromatic N) is 1. The van der Waals surface area contributed by atoms with Gasteiger partial charge in [0.05, 0.1) is 0 Å². The monoisotopic (exact) mass is 245 g/mol. The Labute approximate surface area is 98.9 Å². The van der Waals surface area contributed by atoms with E-state index in [9.17, 15) is 4.79 Å². The SMILES string of the molecule is CC(C)(C)[Si](C)(C)OCCCC(O)N=C=O. The highest BCUT2D eigenvalue weighted by atomic mass is 28.4. The number of carbonyl (C=O) groups excluding carboxylic acids is 1. The fraction of sp³-hybridized carbons (Fsp3) is 0.909. The summed E-state index contributed by atoms with van der Waals surface area (Å²) in [6.45, 7) is 11.5. The molecule has 0 saturated heterocycles. The largest absolute Gasteiger partial charge is 0.417 e. The molecule has 0 aliphatic carbocycles. The summed E-state index contributed by atoms with van der Waals surface area (Å²) in [5.74, 6) is 0. The van der Waals surface area contributed by atoms with Crippen LogP contribution in [0, 0.1) is 0 Å². The molecule has 0 radical (unpaired) electrons. The average molecular weight is 245 g/mol. The van der Waals surface area contributed by atoms with E-state index >= 15 is 0 Å². The lowest BCUT2D eigenvalue weighted by molar-refractivity contribution is 0.159. The normalized spacial score (nSPS) is 14.4. The fourth-order valence-corrected chi connectivity index (χ4v) is 2.02. The molecule has 0 amide bonds. The van der Waals surface area contributed by atoms with Crippen molar-refractivity contribution in [2.24, 2.45) is 4.99 Å². The maximum atomic E-state index is 9.86. The molecule has 0 heterocycles. The van der Waals surface area contributed by atoms with Gasteiger partial charge in [-0.05, 0) is 31.0 Å². The lowest BCUT2D eigenvalue weighted by Gasteiger charge is -2.36. The van der Waals surface area contributed by atoms with E-state index in [0.29, 0.717) is 19.4 Å². The van der Waals surface area contributed by atoms with Crippen LogP contribution in [0.15, 0.2) is 4.99 Å². The van der Waals surface area contributed by atoms with Crippen molar-refractivity contribution in [3.05, 3.63) is 0 Å². The summed E-state index contributed by atoms with van der Waals surface area (Å²) in [5, 5.41) is 9.37. The summed E-state index contributed by atoms with van der Waals surface area (Å²) >= 11 is 0. The third-order valence-corrected chi connectivity index (χ3v) is 7.62. The number of isocyanates is 1. The summed E-state index contributed by atoms with van der Waals surface area (Å²) in [7, 11) is -1.69. The van der Waals surface area contributed by atoms with E-state index in [1.807, 2.05) is 0 Å². The molecule has 0 aliphatic rings. The van der Waals surface area contributed by atoms with E-state index in [0.717, 1.165) is 0 Å². The second-order valence-electron chi connectivity index (χ2n) is 5.45. The molecule has 94 valence electrons. The third-order valence-electron chi connectivity index (χ3n) is 3.08. The lowest BCUT2D eigenvalue weighted by Crippen LogP contribution is -2.41. The highest BCUT2D eigenvalue weighted by Gasteiger charge is 2.36. The average Bonchev–Trinajstić information content (AvgIpc) is 2.11. The Kier molecular flexibility index (Phi) is 6.11. The molecule has 0 aromatic rings. The van der Waals surface area contributed by atoms with Gasteiger partial charge in [-0.15, -0.1) is 0 Å². The minimum atomic E-state index is -1.69. The van der Waals surface area contributed by atoms with Gasteiger partial charge in [0, 0.05) is 6.61 Å². The maximum Gasteiger partial charge on any atom is 0.237 e. The van der Waals surface area contributed by atoms with E-state index in [2.05, 4.69) is 38.9 Å². The second-order valence-corrected chi connectivity index (χ2v) is 10.3. The molecular weight excluding hydrogens is 222 g/mol. The van der Waals surface area contributed by atoms with Gasteiger partial charge in [-0.3, -0.25) is 0 Å². The molecule has 0 aliphatic heterocycles. The minimum Gasteiger partial charge on any atom is -0.417 e. The van der Waals surface area contributed by atoms with Crippen molar-refractivity contribution in [3.63, 3.8) is 0 Å². The van der Waals surface area contributed by atoms with Crippen LogP contribution in [-0.4, -0.2) is 32.3 Å². The third kappa shape index (κ3) is 5.56. The standard InChI is InChI=1S/C11H23NO3Si/c1-11(2,3)16(4,5)15-8-6-7-10(14)12-9-13/h10,14H,6-8H2,1-5H3. The van der Waals surface area contributed by atoms with Crippen LogP contribution in [0.4, 0.5) is 0 Å². The number of aliphatic imine (C=N–C) groups is 1. The Morgan fingerprint density at radius 3 is 2.44 bits per heavy atom. The van der Waals surface area contributed by atoms with Gasteiger partial charge in [0.1, 0.15) is 0 Å². The summed E-state index contributed by atoms with van der Waals surface area (Å²) < 4.78 is 5.91. The molecule has 4 nitrogen and oxygen atoms in total. The predicted molar refractivity (Wildman–Crippen MR) is 66.5 cm³/mol. The van der Waals surface area contributed by atoms with Gasteiger partial charge in [-0.1, -0.05) is 20.8 Å². The molecule has 5 heteroatoms. The van der Waals surface area contributed by atoms with E-state index in [4.69, 9.17) is 9.53 Å². The van der Waals surface area contributed by atoms with Crippen molar-refractivity contribution >= 4 is 14.4 Å². The first-order chi connectivity index (χ1) is 7.20. The fourth-order valence-electron chi connectivity index (χ4n) is 0.935. The molecule has 0 bridgehead atoms. The second kappa shape index (κ2) is 6.30. The van der Waals surface area contributed by atoms with Gasteiger partial charge in [-0.2, -0.15) is 4.99 Å². The van der Waals surface area contributed by atoms with E-state index < -0.39 is 14.5 Å². The molecule has 16 heavy (non-hydrogen) atoms. The highest BCUT2D eigenvalue weighted by molar-refractivity contribution is 6.74. The summed E-state index contributed by atoms with van der Waals surface area (Å²) in [6, 6.07) is 0. The highest BCUT2D eigenvalue weighted by Crippen LogP contribution is 2.36. The molecule has 1 atom stereocenters. The van der Waals surface area contributed by atoms with Crippen molar-refractivity contribution < 1.29 is 14.3 Å². The van der Waals surface area contributed by atoms with Crippen LogP contribution in [0.5, 0.6) is 0 Å². The van der Waals surface area contributed by atoms with Crippen molar-refractivity contribution in [1.82, 2.24) is 0 Å². The van der Waals surface area contributed by atoms with Gasteiger partial charge in [0.25, 0.3) is 0 Å². The first-order valence-electron chi connectivity index (χ1n) is 5.60. The van der Waals surface area contributed by atoms with E-state index in [1.165, 1.54) is 6.08 Å². The van der Waals surface area contributed by atoms with Gasteiger partial charge < -0.3 is 9.53 Å². The molecule has 0 saturated carbocycles. The minimum absolute atomic E-state index is 0.201. The zero-order chi connectivity index (χ0) is 12.8. The van der Waals surface area contributed by atoms with Crippen LogP contribution in [0.2, 0.25) is 18.1 Å². The Balaban J connectivity index is 3.87. The number of aliphatic hydroxyl groups excluding tert-OH is 1. The van der Waals surface area contributed by atoms with E-state index in [1.54, 1.807) is 0 Å². The molecule has 0 rings (SSSR count). The summed E-state index contributed by atoms with van der Waals surface area (Å²) in [6.07, 6.45) is 1.57. The maximum absolute atomic E-state index is 9.86. The van der Waals surface area contributed by atoms with Crippen LogP contribution in [0.25, 0.3) is 0 Å². The van der Waals surface area contributed by atoms with Gasteiger partial charge in [-0.25, -0.2) is 4.79 Å². The van der Waals surface area contributed by atoms with Gasteiger partial charge in [0.2, 0.25) is 6.08 Å². The summed E-state index contributed by atoms with van der Waals surface area (Å²) in [5.41, 5.74) is 0. The number of rotatable bonds is 6. The Morgan fingerprint density at radius 1 is 1.44 bits per heavy atom. The molecule has 0 aromatic heterocycles. The van der Waals surface area contributed by atoms with Crippen molar-refractivity contribution in [2.45, 2.75) is 58.0 Å². The lowest BCUT2D eigenvalue weighted by atomic mass is 10.2. The zero-order valence-corrected chi connectivity index (χ0v) is 11.9. The molecule has 1 N–H and O–H groups in total. The molecule has 1 unspecified atom stereocenters. The van der Waals surface area contributed by atoms with Gasteiger partial charge >= 0.3 is 0 Å². The topological polar surface area (TPSA) is 58.9 Å². The van der Waals surface area contributed by atoms with Crippen molar-refractivity contribution in [1.29, 1.82) is 0 Å². The molecule has 0 aromatic carbocycles. The molecule has 0 spiro atoms. The molecule has 0 fully saturated rings. The van der Waals surface area contributed by atoms with Crippen LogP contribution in [0.1, 0.15) is 33.6 Å². The number of hydrogen-bond acceptors (Lipinski definition) is 4. The Morgan fingerprint density at radius 2 is 2.00 bits per heavy atom. The van der Waals surface area contributed by atoms with Crippen LogP contribution >= 0.6 is 0 Å². The van der Waals surface area contributed by atoms with Crippen LogP contribution in [-0.2, 0) is 9.22 Å². The Bertz CT molecular complexity index is 254. The first-order valence-corrected chi connectivity index (χ1v) is 8.50. The zero-order valence-electron chi connectivity index (χ0n) is 10.9. The van der Waals surface area contributed by atoms with Gasteiger partial charge in [0.15, 0.2) is 14.5 Å².